The van der Waals surface area contributed by atoms with Gasteiger partial charge < -0.3 is 5.73 Å². The first kappa shape index (κ1) is 14.4. The molecule has 1 heterocycles. The molecule has 5 heteroatoms. The molecule has 110 valence electrons. The summed E-state index contributed by atoms with van der Waals surface area (Å²) in [6.07, 6.45) is 2.71. The number of piperazine rings is 1. The minimum absolute atomic E-state index is 0.0985. The Morgan fingerprint density at radius 3 is 2.55 bits per heavy atom. The van der Waals surface area contributed by atoms with E-state index in [4.69, 9.17) is 5.73 Å². The molecule has 0 aromatic heterocycles. The highest BCUT2D eigenvalue weighted by molar-refractivity contribution is 9.10. The van der Waals surface area contributed by atoms with Gasteiger partial charge in [-0.15, -0.1) is 0 Å². The number of halogens is 2. The second-order valence-corrected chi connectivity index (χ2v) is 6.57. The Balaban J connectivity index is 1.71. The second kappa shape index (κ2) is 6.10. The van der Waals surface area contributed by atoms with E-state index < -0.39 is 0 Å². The third kappa shape index (κ3) is 3.06. The minimum atomic E-state index is -0.196. The van der Waals surface area contributed by atoms with Crippen LogP contribution >= 0.6 is 15.9 Å². The van der Waals surface area contributed by atoms with Crippen LogP contribution in [0, 0.1) is 5.82 Å². The smallest absolute Gasteiger partial charge is 0.123 e. The maximum Gasteiger partial charge on any atom is 0.123 e. The van der Waals surface area contributed by atoms with Crippen LogP contribution in [0.2, 0.25) is 0 Å². The molecule has 2 aliphatic rings. The summed E-state index contributed by atoms with van der Waals surface area (Å²) < 4.78 is 14.4. The molecule has 1 saturated heterocycles. The van der Waals surface area contributed by atoms with E-state index in [1.165, 1.54) is 18.9 Å². The molecule has 3 nitrogen and oxygen atoms in total. The summed E-state index contributed by atoms with van der Waals surface area (Å²) in [6.45, 7) is 4.76. The van der Waals surface area contributed by atoms with Crippen molar-refractivity contribution >= 4 is 15.9 Å². The van der Waals surface area contributed by atoms with Crippen molar-refractivity contribution in [2.75, 3.05) is 32.7 Å². The van der Waals surface area contributed by atoms with Gasteiger partial charge in [-0.3, -0.25) is 9.80 Å². The number of nitrogens with zero attached hydrogens (tertiary/aromatic N) is 2. The molecule has 1 aliphatic heterocycles. The van der Waals surface area contributed by atoms with E-state index in [1.54, 1.807) is 12.1 Å². The first-order valence-corrected chi connectivity index (χ1v) is 8.11. The van der Waals surface area contributed by atoms with E-state index in [1.807, 2.05) is 0 Å². The first-order valence-electron chi connectivity index (χ1n) is 7.32. The zero-order valence-electron chi connectivity index (χ0n) is 11.6. The lowest BCUT2D eigenvalue weighted by atomic mass is 10.0. The van der Waals surface area contributed by atoms with Crippen molar-refractivity contribution in [1.82, 2.24) is 9.80 Å². The van der Waals surface area contributed by atoms with Gasteiger partial charge >= 0.3 is 0 Å². The number of benzene rings is 1. The molecule has 0 spiro atoms. The Morgan fingerprint density at radius 2 is 1.95 bits per heavy atom. The fourth-order valence-corrected chi connectivity index (χ4v) is 3.61. The molecule has 1 aromatic carbocycles. The molecule has 0 radical (unpaired) electrons. The van der Waals surface area contributed by atoms with Gasteiger partial charge in [-0.25, -0.2) is 4.39 Å². The van der Waals surface area contributed by atoms with Crippen molar-refractivity contribution < 1.29 is 4.39 Å². The highest BCUT2D eigenvalue weighted by atomic mass is 79.9. The minimum Gasteiger partial charge on any atom is -0.329 e. The molecule has 2 N–H and O–H groups in total. The van der Waals surface area contributed by atoms with E-state index >= 15 is 0 Å². The standard InChI is InChI=1S/C15H21BrFN3/c16-14-4-1-11(17)9-13(14)15(10-18)20-7-5-19(6-8-20)12-2-3-12/h1,4,9,12,15H,2-3,5-8,10,18H2. The van der Waals surface area contributed by atoms with Crippen LogP contribution in [0.15, 0.2) is 22.7 Å². The highest BCUT2D eigenvalue weighted by Gasteiger charge is 2.33. The molecule has 1 saturated carbocycles. The zero-order valence-corrected chi connectivity index (χ0v) is 13.2. The van der Waals surface area contributed by atoms with Crippen LogP contribution < -0.4 is 5.73 Å². The average Bonchev–Trinajstić information content (AvgIpc) is 3.29. The van der Waals surface area contributed by atoms with Crippen molar-refractivity contribution in [3.63, 3.8) is 0 Å². The maximum absolute atomic E-state index is 13.5. The molecule has 0 amide bonds. The molecule has 1 aromatic rings. The van der Waals surface area contributed by atoms with Crippen LogP contribution in [0.25, 0.3) is 0 Å². The van der Waals surface area contributed by atoms with Gasteiger partial charge in [0, 0.05) is 49.3 Å². The fraction of sp³-hybridized carbons (Fsp3) is 0.600. The van der Waals surface area contributed by atoms with Gasteiger partial charge in [-0.1, -0.05) is 15.9 Å². The van der Waals surface area contributed by atoms with E-state index in [0.717, 1.165) is 42.3 Å². The highest BCUT2D eigenvalue weighted by Crippen LogP contribution is 2.31. The number of hydrogen-bond acceptors (Lipinski definition) is 3. The summed E-state index contributed by atoms with van der Waals surface area (Å²) in [6, 6.07) is 5.78. The number of nitrogens with two attached hydrogens (primary N) is 1. The molecular formula is C15H21BrFN3. The van der Waals surface area contributed by atoms with Crippen LogP contribution in [-0.2, 0) is 0 Å². The topological polar surface area (TPSA) is 32.5 Å². The van der Waals surface area contributed by atoms with E-state index in [0.29, 0.717) is 6.54 Å². The van der Waals surface area contributed by atoms with Gasteiger partial charge in [0.15, 0.2) is 0 Å². The Hall–Kier alpha value is -0.490. The van der Waals surface area contributed by atoms with Crippen molar-refractivity contribution in [2.45, 2.75) is 24.9 Å². The summed E-state index contributed by atoms with van der Waals surface area (Å²) in [5.74, 6) is -0.196. The third-order valence-electron chi connectivity index (χ3n) is 4.39. The molecule has 1 aliphatic carbocycles. The third-order valence-corrected chi connectivity index (χ3v) is 5.12. The van der Waals surface area contributed by atoms with Crippen LogP contribution in [0.4, 0.5) is 4.39 Å². The normalized spacial score (nSPS) is 22.9. The molecular weight excluding hydrogens is 321 g/mol. The molecule has 2 fully saturated rings. The largest absolute Gasteiger partial charge is 0.329 e. The lowest BCUT2D eigenvalue weighted by molar-refractivity contribution is 0.0934. The monoisotopic (exact) mass is 341 g/mol. The van der Waals surface area contributed by atoms with Crippen LogP contribution in [0.3, 0.4) is 0 Å². The van der Waals surface area contributed by atoms with E-state index in [-0.39, 0.29) is 11.9 Å². The van der Waals surface area contributed by atoms with Gasteiger partial charge in [0.2, 0.25) is 0 Å². The van der Waals surface area contributed by atoms with E-state index in [2.05, 4.69) is 25.7 Å². The number of rotatable bonds is 4. The summed E-state index contributed by atoms with van der Waals surface area (Å²) in [4.78, 5) is 4.96. The van der Waals surface area contributed by atoms with Crippen molar-refractivity contribution in [3.8, 4) is 0 Å². The van der Waals surface area contributed by atoms with Gasteiger partial charge in [0.25, 0.3) is 0 Å². The predicted molar refractivity (Wildman–Crippen MR) is 82.1 cm³/mol. The molecule has 3 rings (SSSR count). The Labute approximate surface area is 128 Å². The lowest BCUT2D eigenvalue weighted by Gasteiger charge is -2.39. The Bertz CT molecular complexity index is 470. The van der Waals surface area contributed by atoms with Crippen molar-refractivity contribution in [1.29, 1.82) is 0 Å². The fourth-order valence-electron chi connectivity index (χ4n) is 3.10. The zero-order chi connectivity index (χ0) is 14.1. The van der Waals surface area contributed by atoms with Gasteiger partial charge in [-0.05, 0) is 36.6 Å². The molecule has 1 atom stereocenters. The van der Waals surface area contributed by atoms with E-state index in [9.17, 15) is 4.39 Å². The first-order chi connectivity index (χ1) is 9.69. The quantitative estimate of drug-likeness (QED) is 0.912. The van der Waals surface area contributed by atoms with Gasteiger partial charge in [0.1, 0.15) is 5.82 Å². The summed E-state index contributed by atoms with van der Waals surface area (Å²) >= 11 is 3.52. The SMILES string of the molecule is NCC(c1cc(F)ccc1Br)N1CCN(C2CC2)CC1. The lowest BCUT2D eigenvalue weighted by Crippen LogP contribution is -2.49. The van der Waals surface area contributed by atoms with Crippen LogP contribution in [0.1, 0.15) is 24.4 Å². The molecule has 0 bridgehead atoms. The Kier molecular flexibility index (Phi) is 4.40. The van der Waals surface area contributed by atoms with Crippen LogP contribution in [0.5, 0.6) is 0 Å². The van der Waals surface area contributed by atoms with Crippen molar-refractivity contribution in [3.05, 3.63) is 34.1 Å². The molecule has 20 heavy (non-hydrogen) atoms. The molecule has 1 unspecified atom stereocenters. The average molecular weight is 342 g/mol. The maximum atomic E-state index is 13.5. The summed E-state index contributed by atoms with van der Waals surface area (Å²) in [7, 11) is 0. The van der Waals surface area contributed by atoms with Crippen molar-refractivity contribution in [2.24, 2.45) is 5.73 Å². The van der Waals surface area contributed by atoms with Gasteiger partial charge in [0.05, 0.1) is 0 Å². The Morgan fingerprint density at radius 1 is 1.25 bits per heavy atom. The predicted octanol–water partition coefficient (Wildman–Crippen LogP) is 2.37. The summed E-state index contributed by atoms with van der Waals surface area (Å²) in [5, 5.41) is 0. The summed E-state index contributed by atoms with van der Waals surface area (Å²) in [5.41, 5.74) is 6.93. The number of hydrogen-bond donors (Lipinski definition) is 1. The van der Waals surface area contributed by atoms with Crippen LogP contribution in [-0.4, -0.2) is 48.6 Å². The van der Waals surface area contributed by atoms with Gasteiger partial charge in [-0.2, -0.15) is 0 Å². The second-order valence-electron chi connectivity index (χ2n) is 5.72.